The van der Waals surface area contributed by atoms with Crippen molar-refractivity contribution in [2.45, 2.75) is 79.1 Å². The third-order valence-corrected chi connectivity index (χ3v) is 11.1. The molecule has 6 aromatic rings. The SMILES string of the molecule is COB(OC(C)(C)C(C)(C)C)c1cc(BOC(C)(C)C(C)(C)O)cc(-c2nc(-c3cccc(-c4ccccc4)c3)nc(-c3cccc(-c4ccccc4)c3)n2)c1. The van der Waals surface area contributed by atoms with E-state index in [1.807, 2.05) is 92.7 Å². The van der Waals surface area contributed by atoms with Gasteiger partial charge in [0.15, 0.2) is 17.5 Å². The normalized spacial score (nSPS) is 12.4. The third kappa shape index (κ3) is 9.36. The van der Waals surface area contributed by atoms with Gasteiger partial charge in [0.05, 0.1) is 16.8 Å². The summed E-state index contributed by atoms with van der Waals surface area (Å²) in [6, 6.07) is 43.3. The van der Waals surface area contributed by atoms with Crippen LogP contribution in [0.1, 0.15) is 62.3 Å². The van der Waals surface area contributed by atoms with E-state index in [2.05, 4.69) is 83.1 Å². The van der Waals surface area contributed by atoms with Gasteiger partial charge in [0.2, 0.25) is 0 Å². The Morgan fingerprint density at radius 1 is 0.500 bits per heavy atom. The van der Waals surface area contributed by atoms with Crippen LogP contribution >= 0.6 is 0 Å². The smallest absolute Gasteiger partial charge is 0.427 e. The lowest BCUT2D eigenvalue weighted by Gasteiger charge is -2.40. The van der Waals surface area contributed by atoms with Gasteiger partial charge in [-0.3, -0.25) is 0 Å². The monoisotopic (exact) mass is 745 g/mol. The zero-order valence-electron chi connectivity index (χ0n) is 34.4. The van der Waals surface area contributed by atoms with Gasteiger partial charge in [-0.15, -0.1) is 0 Å². The summed E-state index contributed by atoms with van der Waals surface area (Å²) in [6.07, 6.45) is 0. The van der Waals surface area contributed by atoms with E-state index in [1.165, 1.54) is 0 Å². The molecule has 0 atom stereocenters. The Morgan fingerprint density at radius 2 is 0.946 bits per heavy atom. The molecule has 1 N–H and O–H groups in total. The average molecular weight is 746 g/mol. The van der Waals surface area contributed by atoms with E-state index in [0.717, 1.165) is 49.9 Å². The molecular weight excluding hydrogens is 692 g/mol. The highest BCUT2D eigenvalue weighted by Gasteiger charge is 2.39. The average Bonchev–Trinajstić information content (AvgIpc) is 3.19. The summed E-state index contributed by atoms with van der Waals surface area (Å²) in [4.78, 5) is 15.4. The predicted molar refractivity (Wildman–Crippen MR) is 232 cm³/mol. The minimum atomic E-state index is -1.08. The van der Waals surface area contributed by atoms with E-state index >= 15 is 0 Å². The molecule has 7 nitrogen and oxygen atoms in total. The van der Waals surface area contributed by atoms with Gasteiger partial charge in [-0.25, -0.2) is 15.0 Å². The molecule has 0 amide bonds. The summed E-state index contributed by atoms with van der Waals surface area (Å²) in [5.41, 5.74) is 5.85. The Hall–Kier alpha value is -4.92. The molecule has 1 aromatic heterocycles. The largest absolute Gasteiger partial charge is 0.494 e. The molecular formula is C47H53B2N3O4. The molecule has 0 fully saturated rings. The second kappa shape index (κ2) is 16.3. The Labute approximate surface area is 334 Å². The van der Waals surface area contributed by atoms with Crippen LogP contribution in [0.3, 0.4) is 0 Å². The molecule has 5 aromatic carbocycles. The summed E-state index contributed by atoms with van der Waals surface area (Å²) in [5.74, 6) is 1.59. The van der Waals surface area contributed by atoms with Crippen molar-refractivity contribution < 1.29 is 19.1 Å². The summed E-state index contributed by atoms with van der Waals surface area (Å²) in [6.45, 7) is 17.9. The highest BCUT2D eigenvalue weighted by atomic mass is 16.6. The van der Waals surface area contributed by atoms with Crippen LogP contribution < -0.4 is 10.9 Å². The Morgan fingerprint density at radius 3 is 1.39 bits per heavy atom. The van der Waals surface area contributed by atoms with Crippen LogP contribution in [0.5, 0.6) is 0 Å². The van der Waals surface area contributed by atoms with Crippen molar-refractivity contribution in [3.8, 4) is 56.4 Å². The molecule has 0 aliphatic rings. The predicted octanol–water partition coefficient (Wildman–Crippen LogP) is 8.93. The maximum absolute atomic E-state index is 10.9. The Balaban J connectivity index is 1.54. The zero-order valence-corrected chi connectivity index (χ0v) is 34.4. The zero-order chi connectivity index (χ0) is 40.3. The van der Waals surface area contributed by atoms with Gasteiger partial charge in [-0.05, 0) is 86.8 Å². The van der Waals surface area contributed by atoms with Gasteiger partial charge in [0.25, 0.3) is 0 Å². The topological polar surface area (TPSA) is 86.6 Å². The number of hydrogen-bond donors (Lipinski definition) is 1. The molecule has 56 heavy (non-hydrogen) atoms. The Bertz CT molecular complexity index is 2170. The van der Waals surface area contributed by atoms with Gasteiger partial charge in [0, 0.05) is 23.8 Å². The molecule has 0 saturated carbocycles. The lowest BCUT2D eigenvalue weighted by Crippen LogP contribution is -2.51. The molecule has 1 heterocycles. The van der Waals surface area contributed by atoms with E-state index in [1.54, 1.807) is 21.0 Å². The molecule has 6 rings (SSSR count). The maximum Gasteiger partial charge on any atom is 0.494 e. The first kappa shape index (κ1) is 40.7. The van der Waals surface area contributed by atoms with Crippen molar-refractivity contribution in [1.29, 1.82) is 0 Å². The quantitative estimate of drug-likeness (QED) is 0.118. The van der Waals surface area contributed by atoms with Crippen molar-refractivity contribution in [3.63, 3.8) is 0 Å². The van der Waals surface area contributed by atoms with Gasteiger partial charge in [0.1, 0.15) is 0 Å². The van der Waals surface area contributed by atoms with E-state index in [4.69, 9.17) is 28.9 Å². The lowest BCUT2D eigenvalue weighted by atomic mass is 9.70. The number of nitrogens with zero attached hydrogens (tertiary/aromatic N) is 3. The van der Waals surface area contributed by atoms with Gasteiger partial charge >= 0.3 is 14.6 Å². The lowest BCUT2D eigenvalue weighted by molar-refractivity contribution is -0.0893. The molecule has 0 aliphatic carbocycles. The van der Waals surface area contributed by atoms with Crippen molar-refractivity contribution in [1.82, 2.24) is 15.0 Å². The van der Waals surface area contributed by atoms with Gasteiger partial charge in [-0.1, -0.05) is 141 Å². The van der Waals surface area contributed by atoms with E-state index in [-0.39, 0.29) is 12.9 Å². The molecule has 0 bridgehead atoms. The standard InChI is InChI=1S/C47H53B2N3O4/c1-44(2,3)46(6,7)56-49(54-10)40-30-38(29-39(31-40)48-55-47(8,9)45(4,5)53)43-51-41(36-25-17-23-34(27-36)32-19-13-11-14-20-32)50-42(52-43)37-26-18-24-35(28-37)33-21-15-12-16-22-33/h11-31,48,53H,1-10H3. The first-order valence-electron chi connectivity index (χ1n) is 19.2. The fraction of sp³-hybridized carbons (Fsp3) is 0.298. The second-order valence-corrected chi connectivity index (χ2v) is 17.0. The van der Waals surface area contributed by atoms with Crippen LogP contribution in [0.2, 0.25) is 0 Å². The molecule has 0 aliphatic heterocycles. The minimum absolute atomic E-state index is 0.176. The first-order chi connectivity index (χ1) is 26.4. The number of hydrogen-bond acceptors (Lipinski definition) is 7. The second-order valence-electron chi connectivity index (χ2n) is 17.0. The fourth-order valence-corrected chi connectivity index (χ4v) is 5.90. The van der Waals surface area contributed by atoms with E-state index in [0.29, 0.717) is 17.5 Å². The third-order valence-electron chi connectivity index (χ3n) is 11.1. The number of aromatic nitrogens is 3. The van der Waals surface area contributed by atoms with Crippen molar-refractivity contribution >= 4 is 25.5 Å². The first-order valence-corrected chi connectivity index (χ1v) is 19.2. The van der Waals surface area contributed by atoms with Crippen molar-refractivity contribution in [2.24, 2.45) is 5.41 Å². The fourth-order valence-electron chi connectivity index (χ4n) is 5.90. The molecule has 0 spiro atoms. The van der Waals surface area contributed by atoms with Gasteiger partial charge < -0.3 is 19.1 Å². The van der Waals surface area contributed by atoms with Crippen LogP contribution in [-0.2, 0) is 14.0 Å². The molecule has 0 saturated heterocycles. The number of aliphatic hydroxyl groups is 1. The summed E-state index contributed by atoms with van der Waals surface area (Å²) in [5, 5.41) is 10.9. The summed E-state index contributed by atoms with van der Waals surface area (Å²) < 4.78 is 19.2. The number of rotatable bonds is 13. The van der Waals surface area contributed by atoms with Crippen LogP contribution in [0.25, 0.3) is 56.4 Å². The minimum Gasteiger partial charge on any atom is -0.427 e. The van der Waals surface area contributed by atoms with Crippen molar-refractivity contribution in [3.05, 3.63) is 127 Å². The van der Waals surface area contributed by atoms with E-state index < -0.39 is 23.9 Å². The molecule has 286 valence electrons. The number of benzene rings is 5. The highest BCUT2D eigenvalue weighted by Crippen LogP contribution is 2.34. The van der Waals surface area contributed by atoms with Crippen LogP contribution in [-0.4, -0.2) is 58.6 Å². The van der Waals surface area contributed by atoms with Crippen LogP contribution in [0, 0.1) is 5.41 Å². The van der Waals surface area contributed by atoms with E-state index in [9.17, 15) is 5.11 Å². The Kier molecular flexibility index (Phi) is 11.8. The maximum atomic E-state index is 10.9. The summed E-state index contributed by atoms with van der Waals surface area (Å²) >= 11 is 0. The van der Waals surface area contributed by atoms with Crippen LogP contribution in [0.4, 0.5) is 0 Å². The molecule has 0 unspecified atom stereocenters. The van der Waals surface area contributed by atoms with Crippen LogP contribution in [0.15, 0.2) is 127 Å². The molecule has 9 heteroatoms. The van der Waals surface area contributed by atoms with Crippen molar-refractivity contribution in [2.75, 3.05) is 7.11 Å². The highest BCUT2D eigenvalue weighted by molar-refractivity contribution is 6.62. The summed E-state index contributed by atoms with van der Waals surface area (Å²) in [7, 11) is 1.18. The van der Waals surface area contributed by atoms with Gasteiger partial charge in [-0.2, -0.15) is 0 Å². The molecule has 0 radical (unpaired) electrons.